The van der Waals surface area contributed by atoms with Crippen LogP contribution in [0.15, 0.2) is 23.1 Å². The summed E-state index contributed by atoms with van der Waals surface area (Å²) in [5.41, 5.74) is 3.19. The molecule has 0 amide bonds. The Morgan fingerprint density at radius 1 is 1.40 bits per heavy atom. The summed E-state index contributed by atoms with van der Waals surface area (Å²) in [6.07, 6.45) is 3.91. The van der Waals surface area contributed by atoms with E-state index in [2.05, 4.69) is 35.3 Å². The molecular formula is C13H17NS. The van der Waals surface area contributed by atoms with Crippen molar-refractivity contribution in [1.82, 2.24) is 5.32 Å². The molecule has 80 valence electrons. The molecule has 0 saturated carbocycles. The molecule has 0 aliphatic carbocycles. The maximum Gasteiger partial charge on any atom is 0.0137 e. The van der Waals surface area contributed by atoms with Gasteiger partial charge in [-0.05, 0) is 49.4 Å². The van der Waals surface area contributed by atoms with Crippen molar-refractivity contribution in [2.75, 3.05) is 18.8 Å². The van der Waals surface area contributed by atoms with Crippen molar-refractivity contribution in [3.05, 3.63) is 29.3 Å². The van der Waals surface area contributed by atoms with Gasteiger partial charge in [0, 0.05) is 10.6 Å². The number of rotatable bonds is 2. The van der Waals surface area contributed by atoms with Gasteiger partial charge in [-0.15, -0.1) is 11.8 Å². The number of nitrogens with one attached hydrogen (secondary N) is 1. The molecule has 1 saturated heterocycles. The molecule has 2 heteroatoms. The van der Waals surface area contributed by atoms with E-state index in [0.29, 0.717) is 0 Å². The molecular weight excluding hydrogens is 202 g/mol. The second-order valence-corrected chi connectivity index (χ2v) is 5.67. The third-order valence-electron chi connectivity index (χ3n) is 3.47. The summed E-state index contributed by atoms with van der Waals surface area (Å²) in [5.74, 6) is 2.16. The number of hydrogen-bond acceptors (Lipinski definition) is 2. The first-order chi connectivity index (χ1) is 7.43. The van der Waals surface area contributed by atoms with Gasteiger partial charge in [-0.2, -0.15) is 0 Å². The van der Waals surface area contributed by atoms with Crippen LogP contribution in [-0.2, 0) is 12.8 Å². The van der Waals surface area contributed by atoms with Gasteiger partial charge in [0.15, 0.2) is 0 Å². The van der Waals surface area contributed by atoms with Gasteiger partial charge in [0.2, 0.25) is 0 Å². The van der Waals surface area contributed by atoms with Gasteiger partial charge in [0.25, 0.3) is 0 Å². The lowest BCUT2D eigenvalue weighted by molar-refractivity contribution is 0.575. The highest BCUT2D eigenvalue weighted by Crippen LogP contribution is 2.35. The molecule has 1 N–H and O–H groups in total. The Kier molecular flexibility index (Phi) is 2.72. The summed E-state index contributed by atoms with van der Waals surface area (Å²) in [4.78, 5) is 1.60. The van der Waals surface area contributed by atoms with E-state index in [-0.39, 0.29) is 0 Å². The molecule has 1 aromatic carbocycles. The van der Waals surface area contributed by atoms with E-state index in [1.54, 1.807) is 16.0 Å². The Morgan fingerprint density at radius 3 is 3.27 bits per heavy atom. The number of benzene rings is 1. The fourth-order valence-corrected chi connectivity index (χ4v) is 3.86. The Bertz CT molecular complexity index is 356. The van der Waals surface area contributed by atoms with Gasteiger partial charge in [0.1, 0.15) is 0 Å². The minimum atomic E-state index is 0.873. The maximum absolute atomic E-state index is 3.45. The largest absolute Gasteiger partial charge is 0.316 e. The van der Waals surface area contributed by atoms with E-state index >= 15 is 0 Å². The molecule has 15 heavy (non-hydrogen) atoms. The predicted molar refractivity (Wildman–Crippen MR) is 65.6 cm³/mol. The average Bonchev–Trinajstić information content (AvgIpc) is 2.87. The van der Waals surface area contributed by atoms with Crippen molar-refractivity contribution in [3.8, 4) is 0 Å². The minimum absolute atomic E-state index is 0.873. The van der Waals surface area contributed by atoms with Gasteiger partial charge >= 0.3 is 0 Å². The van der Waals surface area contributed by atoms with Crippen molar-refractivity contribution in [2.24, 2.45) is 5.92 Å². The number of hydrogen-bond donors (Lipinski definition) is 1. The Morgan fingerprint density at radius 2 is 2.40 bits per heavy atom. The van der Waals surface area contributed by atoms with Crippen LogP contribution in [0.25, 0.3) is 0 Å². The number of thioether (sulfide) groups is 1. The van der Waals surface area contributed by atoms with Crippen LogP contribution in [0, 0.1) is 5.92 Å². The molecule has 3 rings (SSSR count). The zero-order chi connectivity index (χ0) is 10.1. The van der Waals surface area contributed by atoms with Crippen LogP contribution < -0.4 is 5.32 Å². The third-order valence-corrected chi connectivity index (χ3v) is 4.69. The Balaban J connectivity index is 1.82. The molecule has 1 fully saturated rings. The van der Waals surface area contributed by atoms with E-state index in [0.717, 1.165) is 5.92 Å². The van der Waals surface area contributed by atoms with Gasteiger partial charge in [0.05, 0.1) is 0 Å². The third kappa shape index (κ3) is 1.93. The van der Waals surface area contributed by atoms with Crippen molar-refractivity contribution < 1.29 is 0 Å². The van der Waals surface area contributed by atoms with Crippen LogP contribution in [-0.4, -0.2) is 18.8 Å². The number of fused-ring (bicyclic) bond motifs is 1. The predicted octanol–water partition coefficient (Wildman–Crippen LogP) is 2.49. The van der Waals surface area contributed by atoms with Crippen LogP contribution in [0.5, 0.6) is 0 Å². The normalized spacial score (nSPS) is 24.4. The molecule has 1 aromatic rings. The van der Waals surface area contributed by atoms with Gasteiger partial charge < -0.3 is 5.32 Å². The molecule has 0 spiro atoms. The fourth-order valence-electron chi connectivity index (χ4n) is 2.64. The molecule has 1 unspecified atom stereocenters. The molecule has 0 bridgehead atoms. The highest BCUT2D eigenvalue weighted by atomic mass is 32.2. The van der Waals surface area contributed by atoms with Gasteiger partial charge in [-0.1, -0.05) is 18.2 Å². The average molecular weight is 219 g/mol. The van der Waals surface area contributed by atoms with Crippen LogP contribution >= 0.6 is 11.8 Å². The summed E-state index contributed by atoms with van der Waals surface area (Å²) in [6, 6.07) is 6.86. The topological polar surface area (TPSA) is 12.0 Å². The second kappa shape index (κ2) is 4.18. The standard InChI is InChI=1S/C13H17NS/c1-2-11-5-7-15-13(11)12(3-1)8-10-4-6-14-9-10/h1-3,10,14H,4-9H2. The molecule has 2 aliphatic rings. The van der Waals surface area contributed by atoms with E-state index in [1.165, 1.54) is 38.1 Å². The molecule has 1 nitrogen and oxygen atoms in total. The van der Waals surface area contributed by atoms with E-state index < -0.39 is 0 Å². The summed E-state index contributed by atoms with van der Waals surface area (Å²) < 4.78 is 0. The van der Waals surface area contributed by atoms with Crippen LogP contribution in [0.4, 0.5) is 0 Å². The van der Waals surface area contributed by atoms with Gasteiger partial charge in [-0.3, -0.25) is 0 Å². The lowest BCUT2D eigenvalue weighted by atomic mass is 9.97. The van der Waals surface area contributed by atoms with Crippen LogP contribution in [0.3, 0.4) is 0 Å². The van der Waals surface area contributed by atoms with E-state index in [9.17, 15) is 0 Å². The first kappa shape index (κ1) is 9.73. The van der Waals surface area contributed by atoms with E-state index in [1.807, 2.05) is 0 Å². The molecule has 0 radical (unpaired) electrons. The highest BCUT2D eigenvalue weighted by Gasteiger charge is 2.19. The smallest absolute Gasteiger partial charge is 0.0137 e. The monoisotopic (exact) mass is 219 g/mol. The van der Waals surface area contributed by atoms with Crippen molar-refractivity contribution in [2.45, 2.75) is 24.2 Å². The van der Waals surface area contributed by atoms with Crippen LogP contribution in [0.1, 0.15) is 17.5 Å². The lowest BCUT2D eigenvalue weighted by Crippen LogP contribution is -2.11. The number of aryl methyl sites for hydroxylation is 1. The highest BCUT2D eigenvalue weighted by molar-refractivity contribution is 7.99. The molecule has 2 heterocycles. The van der Waals surface area contributed by atoms with Crippen molar-refractivity contribution in [3.63, 3.8) is 0 Å². The maximum atomic E-state index is 3.45. The SMILES string of the molecule is c1cc2c(c(CC3CCNC3)c1)SCC2. The zero-order valence-electron chi connectivity index (χ0n) is 8.96. The van der Waals surface area contributed by atoms with E-state index in [4.69, 9.17) is 0 Å². The zero-order valence-corrected chi connectivity index (χ0v) is 9.78. The molecule has 1 atom stereocenters. The Labute approximate surface area is 95.6 Å². The summed E-state index contributed by atoms with van der Waals surface area (Å²) in [6.45, 7) is 2.43. The summed E-state index contributed by atoms with van der Waals surface area (Å²) in [7, 11) is 0. The Hall–Kier alpha value is -0.470. The van der Waals surface area contributed by atoms with Gasteiger partial charge in [-0.25, -0.2) is 0 Å². The van der Waals surface area contributed by atoms with Crippen LogP contribution in [0.2, 0.25) is 0 Å². The summed E-state index contributed by atoms with van der Waals surface area (Å²) >= 11 is 2.06. The fraction of sp³-hybridized carbons (Fsp3) is 0.538. The summed E-state index contributed by atoms with van der Waals surface area (Å²) in [5, 5.41) is 3.45. The van der Waals surface area contributed by atoms with Crippen molar-refractivity contribution >= 4 is 11.8 Å². The quantitative estimate of drug-likeness (QED) is 0.820. The first-order valence-electron chi connectivity index (χ1n) is 5.88. The minimum Gasteiger partial charge on any atom is -0.316 e. The molecule has 2 aliphatic heterocycles. The second-order valence-electron chi connectivity index (χ2n) is 4.57. The molecule has 0 aromatic heterocycles. The first-order valence-corrected chi connectivity index (χ1v) is 6.86. The van der Waals surface area contributed by atoms with Crippen molar-refractivity contribution in [1.29, 1.82) is 0 Å². The lowest BCUT2D eigenvalue weighted by Gasteiger charge is -2.11.